The number of carbonyl (C=O) groups excluding carboxylic acids is 2. The zero-order valence-corrected chi connectivity index (χ0v) is 12.5. The molecule has 1 saturated carbocycles. The molecule has 0 amide bonds. The summed E-state index contributed by atoms with van der Waals surface area (Å²) < 4.78 is 10.7. The van der Waals surface area contributed by atoms with Gasteiger partial charge in [-0.2, -0.15) is 0 Å². The molecule has 0 aromatic heterocycles. The van der Waals surface area contributed by atoms with E-state index in [0.29, 0.717) is 12.8 Å². The van der Waals surface area contributed by atoms with E-state index in [9.17, 15) is 9.59 Å². The van der Waals surface area contributed by atoms with Gasteiger partial charge in [-0.3, -0.25) is 9.59 Å². The largest absolute Gasteiger partial charge is 0.423 e. The summed E-state index contributed by atoms with van der Waals surface area (Å²) in [5.74, 6) is -1.83. The van der Waals surface area contributed by atoms with Gasteiger partial charge in [-0.15, -0.1) is 0 Å². The lowest BCUT2D eigenvalue weighted by Crippen LogP contribution is -2.48. The van der Waals surface area contributed by atoms with Gasteiger partial charge in [0.2, 0.25) is 0 Å². The number of carbonyl (C=O) groups is 2. The first-order valence-electron chi connectivity index (χ1n) is 6.62. The summed E-state index contributed by atoms with van der Waals surface area (Å²) in [4.78, 5) is 22.6. The number of allylic oxidation sites excluding steroid dienone is 1. The van der Waals surface area contributed by atoms with Crippen LogP contribution in [0, 0.1) is 11.3 Å². The maximum atomic E-state index is 11.3. The molecule has 0 aromatic rings. The van der Waals surface area contributed by atoms with E-state index in [1.807, 2.05) is 6.92 Å². The van der Waals surface area contributed by atoms with Crippen LogP contribution in [0.15, 0.2) is 12.2 Å². The monoisotopic (exact) mass is 268 g/mol. The standard InChI is InChI=1S/C15H24O4/c1-10(2)13-9-15(18-11(3)16,19-12(4)17)8-7-14(13,5)6/h13H,1,7-9H2,2-6H3. The third kappa shape index (κ3) is 3.82. The lowest BCUT2D eigenvalue weighted by atomic mass is 9.64. The molecule has 1 fully saturated rings. The van der Waals surface area contributed by atoms with Crippen LogP contribution >= 0.6 is 0 Å². The maximum Gasteiger partial charge on any atom is 0.305 e. The Labute approximate surface area is 115 Å². The highest BCUT2D eigenvalue weighted by Crippen LogP contribution is 2.49. The summed E-state index contributed by atoms with van der Waals surface area (Å²) in [6.07, 6.45) is 1.82. The quantitative estimate of drug-likeness (QED) is 0.448. The molecule has 1 unspecified atom stereocenters. The predicted octanol–water partition coefficient (Wildman–Crippen LogP) is 3.21. The van der Waals surface area contributed by atoms with Crippen LogP contribution < -0.4 is 0 Å². The molecule has 0 radical (unpaired) electrons. The van der Waals surface area contributed by atoms with E-state index in [-0.39, 0.29) is 11.3 Å². The van der Waals surface area contributed by atoms with Crippen LogP contribution in [0.3, 0.4) is 0 Å². The van der Waals surface area contributed by atoms with Gasteiger partial charge in [0.05, 0.1) is 0 Å². The van der Waals surface area contributed by atoms with Crippen molar-refractivity contribution in [2.75, 3.05) is 0 Å². The first kappa shape index (κ1) is 15.7. The molecule has 1 atom stereocenters. The van der Waals surface area contributed by atoms with Gasteiger partial charge in [-0.05, 0) is 24.7 Å². The molecule has 1 rings (SSSR count). The Hall–Kier alpha value is -1.32. The Morgan fingerprint density at radius 1 is 1.05 bits per heavy atom. The molecular weight excluding hydrogens is 244 g/mol. The van der Waals surface area contributed by atoms with E-state index >= 15 is 0 Å². The van der Waals surface area contributed by atoms with E-state index in [2.05, 4.69) is 20.4 Å². The van der Waals surface area contributed by atoms with Gasteiger partial charge in [0.25, 0.3) is 5.79 Å². The molecule has 0 spiro atoms. The van der Waals surface area contributed by atoms with E-state index in [1.165, 1.54) is 13.8 Å². The van der Waals surface area contributed by atoms with Crippen LogP contribution in [0.2, 0.25) is 0 Å². The topological polar surface area (TPSA) is 52.6 Å². The van der Waals surface area contributed by atoms with Crippen molar-refractivity contribution in [3.8, 4) is 0 Å². The average Bonchev–Trinajstić information content (AvgIpc) is 2.19. The zero-order valence-electron chi connectivity index (χ0n) is 12.5. The summed E-state index contributed by atoms with van der Waals surface area (Å²) in [5, 5.41) is 0. The summed E-state index contributed by atoms with van der Waals surface area (Å²) in [7, 11) is 0. The number of ether oxygens (including phenoxy) is 2. The normalized spacial score (nSPS) is 24.4. The highest BCUT2D eigenvalue weighted by atomic mass is 16.7. The van der Waals surface area contributed by atoms with Gasteiger partial charge in [0.1, 0.15) is 0 Å². The summed E-state index contributed by atoms with van der Waals surface area (Å²) in [6, 6.07) is 0. The smallest absolute Gasteiger partial charge is 0.305 e. The molecule has 0 bridgehead atoms. The molecule has 108 valence electrons. The minimum Gasteiger partial charge on any atom is -0.423 e. The maximum absolute atomic E-state index is 11.3. The number of esters is 2. The fourth-order valence-corrected chi connectivity index (χ4v) is 2.95. The Morgan fingerprint density at radius 3 is 1.89 bits per heavy atom. The van der Waals surface area contributed by atoms with Crippen LogP contribution in [0.25, 0.3) is 0 Å². The van der Waals surface area contributed by atoms with Gasteiger partial charge in [0, 0.05) is 26.7 Å². The number of rotatable bonds is 3. The van der Waals surface area contributed by atoms with Crippen molar-refractivity contribution in [1.82, 2.24) is 0 Å². The molecular formula is C15H24O4. The first-order chi connectivity index (χ1) is 8.58. The highest BCUT2D eigenvalue weighted by molar-refractivity contribution is 5.69. The van der Waals surface area contributed by atoms with Crippen molar-refractivity contribution in [2.24, 2.45) is 11.3 Å². The summed E-state index contributed by atoms with van der Waals surface area (Å²) in [6.45, 7) is 13.0. The second-order valence-corrected chi connectivity index (χ2v) is 6.19. The zero-order chi connectivity index (χ0) is 14.8. The SMILES string of the molecule is C=C(C)C1CC(OC(C)=O)(OC(C)=O)CCC1(C)C. The molecule has 4 nitrogen and oxygen atoms in total. The van der Waals surface area contributed by atoms with Crippen molar-refractivity contribution < 1.29 is 19.1 Å². The molecule has 0 N–H and O–H groups in total. The number of hydrogen-bond donors (Lipinski definition) is 0. The van der Waals surface area contributed by atoms with Gasteiger partial charge in [-0.25, -0.2) is 0 Å². The molecule has 1 aliphatic carbocycles. The van der Waals surface area contributed by atoms with Crippen LogP contribution in [0.5, 0.6) is 0 Å². The van der Waals surface area contributed by atoms with Gasteiger partial charge in [-0.1, -0.05) is 26.0 Å². The molecule has 1 aliphatic rings. The molecule has 0 heterocycles. The average molecular weight is 268 g/mol. The number of hydrogen-bond acceptors (Lipinski definition) is 4. The van der Waals surface area contributed by atoms with Crippen molar-refractivity contribution in [3.05, 3.63) is 12.2 Å². The first-order valence-corrected chi connectivity index (χ1v) is 6.62. The molecule has 0 aliphatic heterocycles. The fraction of sp³-hybridized carbons (Fsp3) is 0.733. The van der Waals surface area contributed by atoms with Crippen molar-refractivity contribution in [2.45, 2.75) is 59.7 Å². The Morgan fingerprint density at radius 2 is 1.53 bits per heavy atom. The molecule has 4 heteroatoms. The molecule has 0 aromatic carbocycles. The third-order valence-corrected chi connectivity index (χ3v) is 3.86. The van der Waals surface area contributed by atoms with Gasteiger partial charge < -0.3 is 9.47 Å². The van der Waals surface area contributed by atoms with E-state index in [1.54, 1.807) is 0 Å². The van der Waals surface area contributed by atoms with E-state index < -0.39 is 17.7 Å². The lowest BCUT2D eigenvalue weighted by Gasteiger charge is -2.47. The second-order valence-electron chi connectivity index (χ2n) is 6.19. The van der Waals surface area contributed by atoms with Crippen LogP contribution in [0.1, 0.15) is 53.9 Å². The van der Waals surface area contributed by atoms with Gasteiger partial charge >= 0.3 is 11.9 Å². The van der Waals surface area contributed by atoms with Crippen molar-refractivity contribution in [1.29, 1.82) is 0 Å². The summed E-state index contributed by atoms with van der Waals surface area (Å²) >= 11 is 0. The van der Waals surface area contributed by atoms with Gasteiger partial charge in [0.15, 0.2) is 0 Å². The van der Waals surface area contributed by atoms with E-state index in [0.717, 1.165) is 12.0 Å². The Balaban J connectivity index is 3.03. The van der Waals surface area contributed by atoms with Crippen LogP contribution in [0.4, 0.5) is 0 Å². The molecule has 0 saturated heterocycles. The van der Waals surface area contributed by atoms with Crippen LogP contribution in [-0.4, -0.2) is 17.7 Å². The van der Waals surface area contributed by atoms with Crippen molar-refractivity contribution >= 4 is 11.9 Å². The highest BCUT2D eigenvalue weighted by Gasteiger charge is 2.49. The minimum absolute atomic E-state index is 0.0651. The predicted molar refractivity (Wildman–Crippen MR) is 72.2 cm³/mol. The fourth-order valence-electron chi connectivity index (χ4n) is 2.95. The Bertz CT molecular complexity index is 379. The minimum atomic E-state index is -1.13. The Kier molecular flexibility index (Phi) is 4.43. The van der Waals surface area contributed by atoms with Crippen molar-refractivity contribution in [3.63, 3.8) is 0 Å². The second kappa shape index (κ2) is 5.35. The van der Waals surface area contributed by atoms with E-state index in [4.69, 9.17) is 9.47 Å². The lowest BCUT2D eigenvalue weighted by molar-refractivity contribution is -0.247. The molecule has 19 heavy (non-hydrogen) atoms. The van der Waals surface area contributed by atoms with Crippen LogP contribution in [-0.2, 0) is 19.1 Å². The summed E-state index contributed by atoms with van der Waals surface area (Å²) in [5.41, 5.74) is 1.09. The third-order valence-electron chi connectivity index (χ3n) is 3.86.